The van der Waals surface area contributed by atoms with Crippen LogP contribution in [0.4, 0.5) is 26.3 Å². The molecule has 194 valence electrons. The second kappa shape index (κ2) is 8.57. The maximum absolute atomic E-state index is 14.3. The third kappa shape index (κ3) is 4.07. The van der Waals surface area contributed by atoms with Crippen LogP contribution in [0, 0.1) is 0 Å². The SMILES string of the molecule is NC(=O)c1c(-c2ccc(-n3cccn3)c(C(F)(F)F)c2)nn(-c2cccn3c(=O)ccnc23)c1C(F)(F)F. The van der Waals surface area contributed by atoms with E-state index in [1.54, 1.807) is 0 Å². The van der Waals surface area contributed by atoms with E-state index in [0.717, 1.165) is 39.5 Å². The largest absolute Gasteiger partial charge is 0.434 e. The lowest BCUT2D eigenvalue weighted by molar-refractivity contribution is -0.143. The fourth-order valence-electron chi connectivity index (χ4n) is 4.02. The van der Waals surface area contributed by atoms with Crippen molar-refractivity contribution in [3.63, 3.8) is 0 Å². The number of amides is 1. The Kier molecular flexibility index (Phi) is 5.58. The molecule has 1 amide bonds. The van der Waals surface area contributed by atoms with E-state index >= 15 is 0 Å². The van der Waals surface area contributed by atoms with Crippen molar-refractivity contribution in [2.24, 2.45) is 5.73 Å². The normalized spacial score (nSPS) is 12.3. The standard InChI is InChI=1S/C23H13F6N7O2/c24-22(25,26)13-11-12(4-5-14(13)35-10-2-7-32-35)18-17(20(30)38)19(23(27,28)29)36(33-18)15-3-1-9-34-16(37)6-8-31-21(15)34/h1-11H,(H2,30,38). The molecule has 38 heavy (non-hydrogen) atoms. The van der Waals surface area contributed by atoms with Gasteiger partial charge in [0.2, 0.25) is 0 Å². The van der Waals surface area contributed by atoms with Gasteiger partial charge in [0.1, 0.15) is 11.4 Å². The molecule has 5 aromatic rings. The monoisotopic (exact) mass is 533 g/mol. The summed E-state index contributed by atoms with van der Waals surface area (Å²) < 4.78 is 87.1. The Morgan fingerprint density at radius 1 is 0.895 bits per heavy atom. The minimum absolute atomic E-state index is 0.249. The van der Waals surface area contributed by atoms with Gasteiger partial charge in [-0.05, 0) is 30.3 Å². The first-order valence-corrected chi connectivity index (χ1v) is 10.6. The number of hydrogen-bond acceptors (Lipinski definition) is 5. The maximum Gasteiger partial charge on any atom is 0.434 e. The molecule has 0 unspecified atom stereocenters. The molecule has 9 nitrogen and oxygen atoms in total. The number of rotatable bonds is 4. The van der Waals surface area contributed by atoms with Gasteiger partial charge in [-0.3, -0.25) is 14.0 Å². The van der Waals surface area contributed by atoms with Gasteiger partial charge in [0, 0.05) is 36.4 Å². The van der Waals surface area contributed by atoms with Gasteiger partial charge in [0.05, 0.1) is 16.8 Å². The van der Waals surface area contributed by atoms with Crippen LogP contribution >= 0.6 is 0 Å². The van der Waals surface area contributed by atoms with Gasteiger partial charge in [-0.2, -0.15) is 36.5 Å². The zero-order valence-corrected chi connectivity index (χ0v) is 18.7. The number of aromatic nitrogens is 6. The number of fused-ring (bicyclic) bond motifs is 1. The van der Waals surface area contributed by atoms with Gasteiger partial charge >= 0.3 is 12.4 Å². The van der Waals surface area contributed by atoms with E-state index in [0.29, 0.717) is 10.7 Å². The lowest BCUT2D eigenvalue weighted by Gasteiger charge is -2.14. The lowest BCUT2D eigenvalue weighted by atomic mass is 10.0. The van der Waals surface area contributed by atoms with E-state index in [9.17, 15) is 35.9 Å². The van der Waals surface area contributed by atoms with Gasteiger partial charge in [-0.1, -0.05) is 6.07 Å². The number of halogens is 6. The van der Waals surface area contributed by atoms with Gasteiger partial charge in [0.15, 0.2) is 11.3 Å². The van der Waals surface area contributed by atoms with Crippen molar-refractivity contribution < 1.29 is 31.1 Å². The Labute approximate surface area is 207 Å². The molecule has 0 fully saturated rings. The Balaban J connectivity index is 1.85. The summed E-state index contributed by atoms with van der Waals surface area (Å²) >= 11 is 0. The van der Waals surface area contributed by atoms with Crippen LogP contribution in [-0.4, -0.2) is 34.9 Å². The Bertz CT molecular complexity index is 1750. The topological polar surface area (TPSA) is 113 Å². The number of alkyl halides is 6. The van der Waals surface area contributed by atoms with Crippen molar-refractivity contribution in [3.8, 4) is 22.6 Å². The third-order valence-electron chi connectivity index (χ3n) is 5.55. The van der Waals surface area contributed by atoms with Gasteiger partial charge in [-0.15, -0.1) is 0 Å². The maximum atomic E-state index is 14.3. The molecule has 0 atom stereocenters. The molecule has 0 aliphatic rings. The van der Waals surface area contributed by atoms with Crippen molar-refractivity contribution in [2.75, 3.05) is 0 Å². The van der Waals surface area contributed by atoms with Crippen molar-refractivity contribution in [1.29, 1.82) is 0 Å². The number of primary amides is 1. The highest BCUT2D eigenvalue weighted by molar-refractivity contribution is 6.00. The number of carbonyl (C=O) groups is 1. The highest BCUT2D eigenvalue weighted by atomic mass is 19.4. The summed E-state index contributed by atoms with van der Waals surface area (Å²) in [6.07, 6.45) is -5.35. The number of carbonyl (C=O) groups excluding carboxylic acids is 1. The van der Waals surface area contributed by atoms with Crippen LogP contribution in [0.3, 0.4) is 0 Å². The molecule has 5 rings (SSSR count). The van der Waals surface area contributed by atoms with Crippen LogP contribution < -0.4 is 11.3 Å². The molecule has 4 heterocycles. The summed E-state index contributed by atoms with van der Waals surface area (Å²) in [7, 11) is 0. The quantitative estimate of drug-likeness (QED) is 0.353. The van der Waals surface area contributed by atoms with E-state index < -0.39 is 57.6 Å². The zero-order chi connectivity index (χ0) is 27.4. The molecular weight excluding hydrogens is 520 g/mol. The minimum atomic E-state index is -5.24. The summed E-state index contributed by atoms with van der Waals surface area (Å²) in [5.74, 6) is -1.58. The van der Waals surface area contributed by atoms with Crippen LogP contribution in [0.25, 0.3) is 28.3 Å². The molecule has 1 aromatic carbocycles. The van der Waals surface area contributed by atoms with Gasteiger partial charge in [0.25, 0.3) is 11.5 Å². The molecule has 4 aromatic heterocycles. The van der Waals surface area contributed by atoms with E-state index in [1.165, 1.54) is 30.7 Å². The number of pyridine rings is 1. The fourth-order valence-corrected chi connectivity index (χ4v) is 4.02. The smallest absolute Gasteiger partial charge is 0.365 e. The van der Waals surface area contributed by atoms with Crippen LogP contribution in [-0.2, 0) is 12.4 Å². The molecule has 2 N–H and O–H groups in total. The summed E-state index contributed by atoms with van der Waals surface area (Å²) in [6, 6.07) is 7.48. The Hall–Kier alpha value is -4.95. The molecule has 0 spiro atoms. The predicted molar refractivity (Wildman–Crippen MR) is 120 cm³/mol. The molecule has 0 saturated heterocycles. The van der Waals surface area contributed by atoms with E-state index in [2.05, 4.69) is 15.2 Å². The first kappa shape index (κ1) is 24.7. The fraction of sp³-hybridized carbons (Fsp3) is 0.0870. The highest BCUT2D eigenvalue weighted by Crippen LogP contribution is 2.41. The van der Waals surface area contributed by atoms with Crippen molar-refractivity contribution in [3.05, 3.63) is 94.4 Å². The van der Waals surface area contributed by atoms with E-state index in [1.807, 2.05) is 0 Å². The highest BCUT2D eigenvalue weighted by Gasteiger charge is 2.43. The summed E-state index contributed by atoms with van der Waals surface area (Å²) in [4.78, 5) is 28.5. The molecule has 0 aliphatic heterocycles. The average Bonchev–Trinajstić information content (AvgIpc) is 3.52. The lowest BCUT2D eigenvalue weighted by Crippen LogP contribution is -2.22. The molecule has 0 bridgehead atoms. The number of benzene rings is 1. The molecule has 0 radical (unpaired) electrons. The first-order chi connectivity index (χ1) is 17.9. The van der Waals surface area contributed by atoms with E-state index in [4.69, 9.17) is 5.73 Å². The van der Waals surface area contributed by atoms with Crippen molar-refractivity contribution >= 4 is 11.6 Å². The summed E-state index contributed by atoms with van der Waals surface area (Å²) in [5.41, 5.74) is -1.57. The summed E-state index contributed by atoms with van der Waals surface area (Å²) in [6.45, 7) is 0. The van der Waals surface area contributed by atoms with E-state index in [-0.39, 0.29) is 11.3 Å². The van der Waals surface area contributed by atoms with Crippen LogP contribution in [0.2, 0.25) is 0 Å². The second-order valence-corrected chi connectivity index (χ2v) is 7.90. The Morgan fingerprint density at radius 3 is 2.29 bits per heavy atom. The predicted octanol–water partition coefficient (Wildman–Crippen LogP) is 3.87. The molecular formula is C23H13F6N7O2. The van der Waals surface area contributed by atoms with Crippen LogP contribution in [0.15, 0.2) is 72.0 Å². The third-order valence-corrected chi connectivity index (χ3v) is 5.55. The average molecular weight is 533 g/mol. The van der Waals surface area contributed by atoms with Gasteiger partial charge in [-0.25, -0.2) is 14.3 Å². The number of hydrogen-bond donors (Lipinski definition) is 1. The van der Waals surface area contributed by atoms with Crippen LogP contribution in [0.1, 0.15) is 21.6 Å². The number of nitrogens with two attached hydrogens (primary N) is 1. The summed E-state index contributed by atoms with van der Waals surface area (Å²) in [5, 5.41) is 7.66. The first-order valence-electron chi connectivity index (χ1n) is 10.6. The second-order valence-electron chi connectivity index (χ2n) is 7.90. The van der Waals surface area contributed by atoms with Crippen LogP contribution in [0.5, 0.6) is 0 Å². The molecule has 0 saturated carbocycles. The Morgan fingerprint density at radius 2 is 1.66 bits per heavy atom. The van der Waals surface area contributed by atoms with Crippen molar-refractivity contribution in [2.45, 2.75) is 12.4 Å². The minimum Gasteiger partial charge on any atom is -0.365 e. The number of nitrogens with zero attached hydrogens (tertiary/aromatic N) is 6. The molecule has 0 aliphatic carbocycles. The van der Waals surface area contributed by atoms with Crippen molar-refractivity contribution in [1.82, 2.24) is 28.9 Å². The van der Waals surface area contributed by atoms with Gasteiger partial charge < -0.3 is 5.73 Å². The molecule has 15 heteroatoms. The zero-order valence-electron chi connectivity index (χ0n) is 18.7.